The summed E-state index contributed by atoms with van der Waals surface area (Å²) >= 11 is 6.69. The lowest BCUT2D eigenvalue weighted by molar-refractivity contribution is 0.195. The first-order chi connectivity index (χ1) is 15.8. The molecule has 4 rings (SSSR count). The van der Waals surface area contributed by atoms with Crippen molar-refractivity contribution in [3.8, 4) is 28.1 Å². The number of halogens is 1. The number of aryl methyl sites for hydroxylation is 1. The fourth-order valence-electron chi connectivity index (χ4n) is 3.67. The molecule has 0 saturated carbocycles. The minimum absolute atomic E-state index is 0.0329. The van der Waals surface area contributed by atoms with Crippen molar-refractivity contribution in [1.29, 1.82) is 0 Å². The SMILES string of the molecule is CC.COc1cc(-c2nc(N)nc3c2CN(C(=O)NC(C)C)C3)c(Cl)cc1-c1cnn(C)c1. The molecule has 0 bridgehead atoms. The predicted molar refractivity (Wildman–Crippen MR) is 130 cm³/mol. The highest BCUT2D eigenvalue weighted by Gasteiger charge is 2.30. The van der Waals surface area contributed by atoms with E-state index >= 15 is 0 Å². The number of benzene rings is 1. The van der Waals surface area contributed by atoms with E-state index in [-0.39, 0.29) is 18.0 Å². The van der Waals surface area contributed by atoms with E-state index in [0.717, 1.165) is 16.7 Å². The molecule has 3 heterocycles. The first-order valence-electron chi connectivity index (χ1n) is 10.8. The second-order valence-corrected chi connectivity index (χ2v) is 8.16. The molecular formula is C23H30ClN7O2. The summed E-state index contributed by atoms with van der Waals surface area (Å²) in [4.78, 5) is 23.0. The maximum Gasteiger partial charge on any atom is 0.318 e. The van der Waals surface area contributed by atoms with Crippen LogP contribution in [0.2, 0.25) is 5.02 Å². The third-order valence-electron chi connectivity index (χ3n) is 5.06. The highest BCUT2D eigenvalue weighted by Crippen LogP contribution is 2.41. The number of anilines is 1. The van der Waals surface area contributed by atoms with Gasteiger partial charge in [0.2, 0.25) is 5.95 Å². The van der Waals surface area contributed by atoms with Gasteiger partial charge in [0.05, 0.1) is 42.8 Å². The second kappa shape index (κ2) is 10.1. The second-order valence-electron chi connectivity index (χ2n) is 7.75. The van der Waals surface area contributed by atoms with Crippen molar-refractivity contribution in [3.05, 3.63) is 40.8 Å². The molecule has 1 aliphatic rings. The largest absolute Gasteiger partial charge is 0.496 e. The Morgan fingerprint density at radius 2 is 1.94 bits per heavy atom. The van der Waals surface area contributed by atoms with Gasteiger partial charge in [-0.15, -0.1) is 0 Å². The normalized spacial score (nSPS) is 12.3. The van der Waals surface area contributed by atoms with E-state index in [1.54, 1.807) is 22.9 Å². The van der Waals surface area contributed by atoms with Gasteiger partial charge >= 0.3 is 6.03 Å². The lowest BCUT2D eigenvalue weighted by atomic mass is 10.0. The first kappa shape index (κ1) is 24.3. The summed E-state index contributed by atoms with van der Waals surface area (Å²) < 4.78 is 7.35. The van der Waals surface area contributed by atoms with Crippen molar-refractivity contribution < 1.29 is 9.53 Å². The third-order valence-corrected chi connectivity index (χ3v) is 5.37. The molecule has 0 radical (unpaired) electrons. The van der Waals surface area contributed by atoms with Gasteiger partial charge in [0.25, 0.3) is 0 Å². The number of nitrogens with zero attached hydrogens (tertiary/aromatic N) is 5. The van der Waals surface area contributed by atoms with Gasteiger partial charge in [0.1, 0.15) is 5.75 Å². The molecule has 176 valence electrons. The summed E-state index contributed by atoms with van der Waals surface area (Å²) in [6.45, 7) is 8.56. The van der Waals surface area contributed by atoms with Gasteiger partial charge in [-0.3, -0.25) is 4.68 Å². The number of fused-ring (bicyclic) bond motifs is 1. The van der Waals surface area contributed by atoms with Gasteiger partial charge in [-0.05, 0) is 26.0 Å². The summed E-state index contributed by atoms with van der Waals surface area (Å²) in [5.74, 6) is 0.761. The van der Waals surface area contributed by atoms with Gasteiger partial charge in [-0.25, -0.2) is 14.8 Å². The Labute approximate surface area is 198 Å². The van der Waals surface area contributed by atoms with Crippen LogP contribution >= 0.6 is 11.6 Å². The molecule has 0 fully saturated rings. The van der Waals surface area contributed by atoms with Crippen LogP contribution in [0.3, 0.4) is 0 Å². The monoisotopic (exact) mass is 471 g/mol. The zero-order valence-electron chi connectivity index (χ0n) is 19.8. The van der Waals surface area contributed by atoms with Gasteiger partial charge < -0.3 is 20.7 Å². The Morgan fingerprint density at radius 3 is 2.55 bits per heavy atom. The third kappa shape index (κ3) is 5.03. The number of rotatable bonds is 4. The van der Waals surface area contributed by atoms with Crippen LogP contribution in [0.5, 0.6) is 5.75 Å². The molecular weight excluding hydrogens is 442 g/mol. The molecule has 10 heteroatoms. The fourth-order valence-corrected chi connectivity index (χ4v) is 3.92. The molecule has 0 atom stereocenters. The zero-order chi connectivity index (χ0) is 24.3. The summed E-state index contributed by atoms with van der Waals surface area (Å²) in [6.07, 6.45) is 3.64. The Bertz CT molecular complexity index is 1160. The molecule has 0 unspecified atom stereocenters. The van der Waals surface area contributed by atoms with Crippen molar-refractivity contribution in [2.24, 2.45) is 7.05 Å². The van der Waals surface area contributed by atoms with E-state index in [2.05, 4.69) is 20.4 Å². The van der Waals surface area contributed by atoms with E-state index in [1.807, 2.05) is 53.1 Å². The molecule has 9 nitrogen and oxygen atoms in total. The van der Waals surface area contributed by atoms with E-state index in [0.29, 0.717) is 40.8 Å². The zero-order valence-corrected chi connectivity index (χ0v) is 20.6. The molecule has 33 heavy (non-hydrogen) atoms. The first-order valence-corrected chi connectivity index (χ1v) is 11.2. The summed E-state index contributed by atoms with van der Waals surface area (Å²) in [6, 6.07) is 3.54. The number of ether oxygens (including phenoxy) is 1. The average molecular weight is 472 g/mol. The Balaban J connectivity index is 0.00000149. The van der Waals surface area contributed by atoms with Crippen molar-refractivity contribution in [3.63, 3.8) is 0 Å². The smallest absolute Gasteiger partial charge is 0.318 e. The molecule has 2 amide bonds. The Morgan fingerprint density at radius 1 is 1.21 bits per heavy atom. The van der Waals surface area contributed by atoms with Crippen molar-refractivity contribution in [1.82, 2.24) is 30.0 Å². The highest BCUT2D eigenvalue weighted by molar-refractivity contribution is 6.33. The number of urea groups is 1. The fraction of sp³-hybridized carbons (Fsp3) is 0.391. The number of nitrogen functional groups attached to an aromatic ring is 1. The van der Waals surface area contributed by atoms with E-state index in [4.69, 9.17) is 22.1 Å². The number of hydrogen-bond donors (Lipinski definition) is 2. The van der Waals surface area contributed by atoms with Crippen molar-refractivity contribution in [2.45, 2.75) is 46.8 Å². The van der Waals surface area contributed by atoms with Crippen LogP contribution < -0.4 is 15.8 Å². The van der Waals surface area contributed by atoms with Crippen molar-refractivity contribution in [2.75, 3.05) is 12.8 Å². The maximum absolute atomic E-state index is 12.5. The number of hydrogen-bond acceptors (Lipinski definition) is 6. The number of carbonyl (C=O) groups is 1. The van der Waals surface area contributed by atoms with Crippen LogP contribution in [0.1, 0.15) is 39.0 Å². The van der Waals surface area contributed by atoms with E-state index in [9.17, 15) is 4.79 Å². The van der Waals surface area contributed by atoms with E-state index < -0.39 is 0 Å². The number of amides is 2. The van der Waals surface area contributed by atoms with Crippen LogP contribution in [0.15, 0.2) is 24.5 Å². The Kier molecular flexibility index (Phi) is 7.43. The van der Waals surface area contributed by atoms with Gasteiger partial charge in [0.15, 0.2) is 0 Å². The van der Waals surface area contributed by atoms with Crippen LogP contribution in [-0.4, -0.2) is 43.8 Å². The molecule has 0 aliphatic carbocycles. The van der Waals surface area contributed by atoms with Crippen molar-refractivity contribution >= 4 is 23.6 Å². The topological polar surface area (TPSA) is 111 Å². The number of methoxy groups -OCH3 is 1. The number of aromatic nitrogens is 4. The molecule has 3 aromatic rings. The molecule has 0 saturated heterocycles. The predicted octanol–water partition coefficient (Wildman–Crippen LogP) is 4.25. The lowest BCUT2D eigenvalue weighted by Crippen LogP contribution is -2.40. The quantitative estimate of drug-likeness (QED) is 0.588. The van der Waals surface area contributed by atoms with Crippen LogP contribution in [0.4, 0.5) is 10.7 Å². The maximum atomic E-state index is 12.5. The molecule has 1 aliphatic heterocycles. The van der Waals surface area contributed by atoms with Gasteiger partial charge in [-0.2, -0.15) is 5.10 Å². The molecule has 0 spiro atoms. The average Bonchev–Trinajstić information content (AvgIpc) is 3.40. The van der Waals surface area contributed by atoms with Crippen LogP contribution in [0.25, 0.3) is 22.4 Å². The lowest BCUT2D eigenvalue weighted by Gasteiger charge is -2.18. The minimum atomic E-state index is -0.159. The Hall–Kier alpha value is -3.33. The summed E-state index contributed by atoms with van der Waals surface area (Å²) in [7, 11) is 3.45. The van der Waals surface area contributed by atoms with Gasteiger partial charge in [-0.1, -0.05) is 25.4 Å². The molecule has 2 aromatic heterocycles. The number of carbonyl (C=O) groups excluding carboxylic acids is 1. The number of nitrogens with two attached hydrogens (primary N) is 1. The van der Waals surface area contributed by atoms with E-state index in [1.165, 1.54) is 0 Å². The van der Waals surface area contributed by atoms with Crippen LogP contribution in [0, 0.1) is 0 Å². The minimum Gasteiger partial charge on any atom is -0.496 e. The van der Waals surface area contributed by atoms with Gasteiger partial charge in [0, 0.05) is 41.5 Å². The standard InChI is InChI=1S/C21H24ClN7O2.C2H6/c1-11(2)25-21(30)29-9-15-17(10-29)26-20(23)27-19(15)14-6-18(31-4)13(5-16(14)22)12-7-24-28(3)8-12;1-2/h5-8,11H,9-10H2,1-4H3,(H,25,30)(H2,23,26,27);1-2H3. The summed E-state index contributed by atoms with van der Waals surface area (Å²) in [5, 5.41) is 7.62. The summed E-state index contributed by atoms with van der Waals surface area (Å²) in [5.41, 5.74) is 10.5. The molecule has 3 N–H and O–H groups in total. The molecule has 1 aromatic carbocycles. The highest BCUT2D eigenvalue weighted by atomic mass is 35.5. The number of nitrogens with one attached hydrogen (secondary N) is 1. The van der Waals surface area contributed by atoms with Crippen LogP contribution in [-0.2, 0) is 20.1 Å².